The van der Waals surface area contributed by atoms with Gasteiger partial charge in [-0.15, -0.1) is 0 Å². The van der Waals surface area contributed by atoms with Crippen LogP contribution in [0.3, 0.4) is 0 Å². The van der Waals surface area contributed by atoms with E-state index in [0.29, 0.717) is 17.7 Å². The maximum atomic E-state index is 11.7. The van der Waals surface area contributed by atoms with E-state index in [1.165, 1.54) is 0 Å². The molecule has 0 saturated carbocycles. The number of anilines is 1. The topological polar surface area (TPSA) is 95.5 Å². The van der Waals surface area contributed by atoms with E-state index in [1.807, 2.05) is 13.2 Å². The standard InChI is InChI=1S/C15H20N2O4S/c1-10(22-2)9-13(18)17-12-5-3-11(4-6-12)15(21)16-8-7-14(19)20/h3-6,10H,7-9H2,1-2H3,(H,16,21)(H,17,18)(H,19,20). The van der Waals surface area contributed by atoms with E-state index >= 15 is 0 Å². The molecule has 6 nitrogen and oxygen atoms in total. The molecule has 7 heteroatoms. The minimum atomic E-state index is -0.960. The van der Waals surface area contributed by atoms with Crippen molar-refractivity contribution < 1.29 is 19.5 Å². The highest BCUT2D eigenvalue weighted by Crippen LogP contribution is 2.13. The Bertz CT molecular complexity index is 531. The second kappa shape index (κ2) is 9.09. The van der Waals surface area contributed by atoms with Crippen LogP contribution in [0.4, 0.5) is 5.69 Å². The highest BCUT2D eigenvalue weighted by Gasteiger charge is 2.09. The van der Waals surface area contributed by atoms with Gasteiger partial charge in [0, 0.05) is 29.5 Å². The van der Waals surface area contributed by atoms with Crippen LogP contribution < -0.4 is 10.6 Å². The molecule has 0 aliphatic heterocycles. The van der Waals surface area contributed by atoms with E-state index in [1.54, 1.807) is 36.0 Å². The molecular weight excluding hydrogens is 304 g/mol. The molecule has 0 radical (unpaired) electrons. The van der Waals surface area contributed by atoms with Crippen molar-refractivity contribution in [2.24, 2.45) is 0 Å². The maximum absolute atomic E-state index is 11.7. The number of carboxylic acids is 1. The number of hydrogen-bond donors (Lipinski definition) is 3. The summed E-state index contributed by atoms with van der Waals surface area (Å²) in [5, 5.41) is 14.0. The number of nitrogens with one attached hydrogen (secondary N) is 2. The van der Waals surface area contributed by atoms with Crippen molar-refractivity contribution in [1.29, 1.82) is 0 Å². The van der Waals surface area contributed by atoms with Crippen LogP contribution in [0.15, 0.2) is 24.3 Å². The van der Waals surface area contributed by atoms with Gasteiger partial charge in [-0.05, 0) is 30.5 Å². The molecule has 0 heterocycles. The number of carbonyl (C=O) groups excluding carboxylic acids is 2. The Morgan fingerprint density at radius 1 is 1.23 bits per heavy atom. The first-order valence-corrected chi connectivity index (χ1v) is 8.14. The van der Waals surface area contributed by atoms with Crippen molar-refractivity contribution in [3.8, 4) is 0 Å². The number of hydrogen-bond acceptors (Lipinski definition) is 4. The SMILES string of the molecule is CSC(C)CC(=O)Nc1ccc(C(=O)NCCC(=O)O)cc1. The molecular formula is C15H20N2O4S. The molecule has 22 heavy (non-hydrogen) atoms. The van der Waals surface area contributed by atoms with Gasteiger partial charge in [0.15, 0.2) is 0 Å². The van der Waals surface area contributed by atoms with E-state index in [0.717, 1.165) is 0 Å². The molecule has 0 bridgehead atoms. The van der Waals surface area contributed by atoms with Gasteiger partial charge in [-0.1, -0.05) is 6.92 Å². The number of thioether (sulfide) groups is 1. The van der Waals surface area contributed by atoms with Crippen molar-refractivity contribution >= 4 is 35.2 Å². The van der Waals surface area contributed by atoms with E-state index in [4.69, 9.17) is 5.11 Å². The van der Waals surface area contributed by atoms with E-state index < -0.39 is 5.97 Å². The molecule has 1 rings (SSSR count). The quantitative estimate of drug-likeness (QED) is 0.679. The Hall–Kier alpha value is -2.02. The lowest BCUT2D eigenvalue weighted by atomic mass is 10.2. The van der Waals surface area contributed by atoms with Crippen LogP contribution in [-0.2, 0) is 9.59 Å². The maximum Gasteiger partial charge on any atom is 0.305 e. The largest absolute Gasteiger partial charge is 0.481 e. The van der Waals surface area contributed by atoms with Crippen LogP contribution in [0.25, 0.3) is 0 Å². The molecule has 1 aromatic carbocycles. The summed E-state index contributed by atoms with van der Waals surface area (Å²) in [5.41, 5.74) is 1.04. The lowest BCUT2D eigenvalue weighted by molar-refractivity contribution is -0.136. The summed E-state index contributed by atoms with van der Waals surface area (Å²) in [6.07, 6.45) is 2.27. The lowest BCUT2D eigenvalue weighted by Crippen LogP contribution is -2.26. The van der Waals surface area contributed by atoms with Gasteiger partial charge in [-0.2, -0.15) is 11.8 Å². The zero-order valence-corrected chi connectivity index (χ0v) is 13.4. The predicted octanol–water partition coefficient (Wildman–Crippen LogP) is 1.97. The van der Waals surface area contributed by atoms with Gasteiger partial charge in [0.25, 0.3) is 5.91 Å². The smallest absolute Gasteiger partial charge is 0.305 e. The summed E-state index contributed by atoms with van der Waals surface area (Å²) in [6, 6.07) is 6.47. The number of benzene rings is 1. The van der Waals surface area contributed by atoms with Crippen LogP contribution in [0, 0.1) is 0 Å². The molecule has 1 atom stereocenters. The summed E-state index contributed by atoms with van der Waals surface area (Å²) in [7, 11) is 0. The van der Waals surface area contributed by atoms with Crippen LogP contribution in [0.5, 0.6) is 0 Å². The summed E-state index contributed by atoms with van der Waals surface area (Å²) in [6.45, 7) is 2.06. The van der Waals surface area contributed by atoms with Crippen LogP contribution in [0.1, 0.15) is 30.1 Å². The van der Waals surface area contributed by atoms with Crippen LogP contribution >= 0.6 is 11.8 Å². The van der Waals surface area contributed by atoms with Crippen molar-refractivity contribution in [3.05, 3.63) is 29.8 Å². The zero-order valence-electron chi connectivity index (χ0n) is 12.6. The molecule has 0 saturated heterocycles. The van der Waals surface area contributed by atoms with Crippen molar-refractivity contribution in [2.75, 3.05) is 18.1 Å². The molecule has 1 unspecified atom stereocenters. The van der Waals surface area contributed by atoms with Crippen LogP contribution in [-0.4, -0.2) is 40.9 Å². The summed E-state index contributed by atoms with van der Waals surface area (Å²) in [4.78, 5) is 33.9. The normalized spacial score (nSPS) is 11.5. The Balaban J connectivity index is 2.50. The Morgan fingerprint density at radius 3 is 2.41 bits per heavy atom. The summed E-state index contributed by atoms with van der Waals surface area (Å²) in [5.74, 6) is -1.37. The fourth-order valence-electron chi connectivity index (χ4n) is 1.65. The van der Waals surface area contributed by atoms with Gasteiger partial charge < -0.3 is 15.7 Å². The highest BCUT2D eigenvalue weighted by atomic mass is 32.2. The van der Waals surface area contributed by atoms with E-state index in [-0.39, 0.29) is 30.0 Å². The molecule has 2 amide bonds. The molecule has 0 aromatic heterocycles. The zero-order chi connectivity index (χ0) is 16.5. The minimum absolute atomic E-state index is 0.0690. The molecule has 1 aromatic rings. The Morgan fingerprint density at radius 2 is 1.86 bits per heavy atom. The Kier molecular flexibility index (Phi) is 7.45. The Labute approximate surface area is 133 Å². The molecule has 0 aliphatic carbocycles. The molecule has 0 spiro atoms. The first kappa shape index (κ1) is 18.0. The van der Waals surface area contributed by atoms with Gasteiger partial charge in [0.2, 0.25) is 5.91 Å². The first-order chi connectivity index (χ1) is 10.4. The number of aliphatic carboxylic acids is 1. The molecule has 0 fully saturated rings. The average molecular weight is 324 g/mol. The van der Waals surface area contributed by atoms with Gasteiger partial charge in [0.05, 0.1) is 6.42 Å². The van der Waals surface area contributed by atoms with E-state index in [2.05, 4.69) is 10.6 Å². The van der Waals surface area contributed by atoms with Gasteiger partial charge >= 0.3 is 5.97 Å². The fraction of sp³-hybridized carbons (Fsp3) is 0.400. The second-order valence-electron chi connectivity index (χ2n) is 4.78. The minimum Gasteiger partial charge on any atom is -0.481 e. The number of carbonyl (C=O) groups is 3. The van der Waals surface area contributed by atoms with Crippen LogP contribution in [0.2, 0.25) is 0 Å². The van der Waals surface area contributed by atoms with Crippen molar-refractivity contribution in [1.82, 2.24) is 5.32 Å². The third-order valence-corrected chi connectivity index (χ3v) is 3.90. The molecule has 120 valence electrons. The number of carboxylic acid groups (broad SMARTS) is 1. The third-order valence-electron chi connectivity index (χ3n) is 2.93. The summed E-state index contributed by atoms with van der Waals surface area (Å²) >= 11 is 1.62. The lowest BCUT2D eigenvalue weighted by Gasteiger charge is -2.09. The third kappa shape index (κ3) is 6.62. The van der Waals surface area contributed by atoms with Crippen molar-refractivity contribution in [2.45, 2.75) is 25.0 Å². The molecule has 0 aliphatic rings. The van der Waals surface area contributed by atoms with Gasteiger partial charge in [-0.25, -0.2) is 0 Å². The molecule has 3 N–H and O–H groups in total. The van der Waals surface area contributed by atoms with Gasteiger partial charge in [-0.3, -0.25) is 14.4 Å². The van der Waals surface area contributed by atoms with E-state index in [9.17, 15) is 14.4 Å². The van der Waals surface area contributed by atoms with Crippen molar-refractivity contribution in [3.63, 3.8) is 0 Å². The highest BCUT2D eigenvalue weighted by molar-refractivity contribution is 7.99. The summed E-state index contributed by atoms with van der Waals surface area (Å²) < 4.78 is 0. The van der Waals surface area contributed by atoms with Gasteiger partial charge in [0.1, 0.15) is 0 Å². The monoisotopic (exact) mass is 324 g/mol. The second-order valence-corrected chi connectivity index (χ2v) is 6.05. The predicted molar refractivity (Wildman–Crippen MR) is 87.3 cm³/mol. The first-order valence-electron chi connectivity index (χ1n) is 6.85. The average Bonchev–Trinajstić information content (AvgIpc) is 2.47. The fourth-order valence-corrected chi connectivity index (χ4v) is 1.96. The number of rotatable bonds is 8. The number of amides is 2.